The summed E-state index contributed by atoms with van der Waals surface area (Å²) in [5.74, 6) is 1.11. The standard InChI is InChI=1S/C58H40N2OS/c1-2-14-37(15-3-1)43-21-12-22-44(57(43)60-50-24-9-6-20-48(50)56-42-17-5-4-16-38(42)30-34-51(56)60)39-28-31-40(32-29-39)59(41-33-35-54-49(36-41)45-18-7-10-26-53(45)61-54)52-25-13-23-47-46-19-8-11-27-55(46)62-58(47)52/h1-29,31-33,35-36,49,54H,30,34H2. The Balaban J connectivity index is 1.01. The maximum Gasteiger partial charge on any atom is 0.128 e. The smallest absolute Gasteiger partial charge is 0.128 e. The normalized spacial score (nSPS) is 16.1. The molecule has 1 aliphatic heterocycles. The summed E-state index contributed by atoms with van der Waals surface area (Å²) in [6.45, 7) is 0. The largest absolute Gasteiger partial charge is 0.485 e. The van der Waals surface area contributed by atoms with E-state index in [9.17, 15) is 0 Å². The predicted octanol–water partition coefficient (Wildman–Crippen LogP) is 15.2. The minimum Gasteiger partial charge on any atom is -0.485 e. The molecule has 8 aromatic carbocycles. The van der Waals surface area contributed by atoms with Crippen LogP contribution in [0.25, 0.3) is 70.1 Å². The third-order valence-corrected chi connectivity index (χ3v) is 14.5. The monoisotopic (exact) mass is 812 g/mol. The van der Waals surface area contributed by atoms with Crippen LogP contribution in [0.1, 0.15) is 22.7 Å². The Morgan fingerprint density at radius 3 is 2.15 bits per heavy atom. The average molecular weight is 813 g/mol. The molecule has 4 heteroatoms. The van der Waals surface area contributed by atoms with Crippen LogP contribution in [-0.4, -0.2) is 10.7 Å². The van der Waals surface area contributed by atoms with Crippen LogP contribution in [0.3, 0.4) is 0 Å². The number of allylic oxidation sites excluding steroid dienone is 1. The molecule has 0 saturated heterocycles. The second-order valence-corrected chi connectivity index (χ2v) is 17.7. The van der Waals surface area contributed by atoms with Crippen LogP contribution in [0.5, 0.6) is 5.75 Å². The Hall–Kier alpha value is -7.40. The summed E-state index contributed by atoms with van der Waals surface area (Å²) in [7, 11) is 0. The second kappa shape index (κ2) is 14.1. The van der Waals surface area contributed by atoms with Gasteiger partial charge < -0.3 is 14.2 Å². The first-order chi connectivity index (χ1) is 30.8. The van der Waals surface area contributed by atoms with Gasteiger partial charge in [-0.15, -0.1) is 11.3 Å². The van der Waals surface area contributed by atoms with Gasteiger partial charge in [-0.05, 0) is 89.7 Å². The number of anilines is 2. The minimum atomic E-state index is -0.0141. The summed E-state index contributed by atoms with van der Waals surface area (Å²) in [4.78, 5) is 2.46. The molecule has 62 heavy (non-hydrogen) atoms. The highest BCUT2D eigenvalue weighted by Crippen LogP contribution is 2.49. The topological polar surface area (TPSA) is 17.4 Å². The lowest BCUT2D eigenvalue weighted by molar-refractivity contribution is 0.268. The van der Waals surface area contributed by atoms with Crippen molar-refractivity contribution in [1.82, 2.24) is 4.57 Å². The molecule has 2 atom stereocenters. The van der Waals surface area contributed by atoms with Gasteiger partial charge in [-0.3, -0.25) is 0 Å². The molecule has 0 radical (unpaired) electrons. The molecular formula is C58H40N2OS. The molecule has 0 bridgehead atoms. The van der Waals surface area contributed by atoms with Gasteiger partial charge in [0.05, 0.1) is 21.6 Å². The molecule has 294 valence electrons. The van der Waals surface area contributed by atoms with Gasteiger partial charge in [-0.1, -0.05) is 152 Å². The lowest BCUT2D eigenvalue weighted by atomic mass is 9.88. The first-order valence-electron chi connectivity index (χ1n) is 21.6. The molecular weight excluding hydrogens is 773 g/mol. The molecule has 3 aliphatic rings. The van der Waals surface area contributed by atoms with Gasteiger partial charge in [0.15, 0.2) is 0 Å². The van der Waals surface area contributed by atoms with Crippen molar-refractivity contribution >= 4 is 53.8 Å². The van der Waals surface area contributed by atoms with Crippen LogP contribution in [0.15, 0.2) is 212 Å². The molecule has 2 unspecified atom stereocenters. The van der Waals surface area contributed by atoms with Gasteiger partial charge in [0.25, 0.3) is 0 Å². The predicted molar refractivity (Wildman–Crippen MR) is 259 cm³/mol. The maximum absolute atomic E-state index is 6.44. The molecule has 3 heterocycles. The van der Waals surface area contributed by atoms with E-state index in [0.29, 0.717) is 0 Å². The number of benzene rings is 8. The van der Waals surface area contributed by atoms with Crippen LogP contribution in [0, 0.1) is 0 Å². The third-order valence-electron chi connectivity index (χ3n) is 13.3. The number of aromatic nitrogens is 1. The summed E-state index contributed by atoms with van der Waals surface area (Å²) in [6.07, 6.45) is 8.89. The zero-order valence-electron chi connectivity index (χ0n) is 33.9. The van der Waals surface area contributed by atoms with Crippen LogP contribution < -0.4 is 9.64 Å². The van der Waals surface area contributed by atoms with Gasteiger partial charge in [0, 0.05) is 66.1 Å². The van der Waals surface area contributed by atoms with E-state index in [-0.39, 0.29) is 12.0 Å². The van der Waals surface area contributed by atoms with E-state index in [0.717, 1.165) is 30.0 Å². The highest BCUT2D eigenvalue weighted by atomic mass is 32.1. The number of nitrogens with zero attached hydrogens (tertiary/aromatic N) is 2. The lowest BCUT2D eigenvalue weighted by Gasteiger charge is -2.30. The summed E-state index contributed by atoms with van der Waals surface area (Å²) in [5, 5.41) is 3.88. The fraction of sp³-hybridized carbons (Fsp3) is 0.0690. The van der Waals surface area contributed by atoms with Crippen molar-refractivity contribution in [1.29, 1.82) is 0 Å². The lowest BCUT2D eigenvalue weighted by Crippen LogP contribution is -2.23. The van der Waals surface area contributed by atoms with Gasteiger partial charge >= 0.3 is 0 Å². The Morgan fingerprint density at radius 1 is 0.565 bits per heavy atom. The zero-order valence-corrected chi connectivity index (χ0v) is 34.7. The number of hydrogen-bond acceptors (Lipinski definition) is 3. The number of aryl methyl sites for hydroxylation is 1. The maximum atomic E-state index is 6.44. The minimum absolute atomic E-state index is 0.0141. The van der Waals surface area contributed by atoms with E-state index in [1.54, 1.807) is 0 Å². The highest BCUT2D eigenvalue weighted by molar-refractivity contribution is 7.26. The summed E-state index contributed by atoms with van der Waals surface area (Å²) >= 11 is 1.87. The quantitative estimate of drug-likeness (QED) is 0.166. The zero-order chi connectivity index (χ0) is 40.7. The van der Waals surface area contributed by atoms with Gasteiger partial charge in [0.2, 0.25) is 0 Å². The number of rotatable bonds is 6. The second-order valence-electron chi connectivity index (χ2n) is 16.6. The molecule has 13 rings (SSSR count). The summed E-state index contributed by atoms with van der Waals surface area (Å²) in [5.41, 5.74) is 17.5. The molecule has 0 N–H and O–H groups in total. The SMILES string of the molecule is C1=CC2Oc3ccccc3C2C=C1N(c1ccc(-c2cccc(-c3ccccc3)c2-n2c3c(c4ccccc42)-c2ccccc2CC3)cc1)c1cccc2c1sc1ccccc12. The van der Waals surface area contributed by atoms with Crippen LogP contribution in [-0.2, 0) is 12.8 Å². The van der Waals surface area contributed by atoms with Crippen molar-refractivity contribution in [3.63, 3.8) is 0 Å². The fourth-order valence-electron chi connectivity index (χ4n) is 10.5. The molecule has 3 nitrogen and oxygen atoms in total. The van der Waals surface area contributed by atoms with E-state index in [4.69, 9.17) is 4.74 Å². The van der Waals surface area contributed by atoms with Gasteiger partial charge in [-0.25, -0.2) is 0 Å². The Labute approximate surface area is 364 Å². The Kier molecular flexibility index (Phi) is 8.04. The van der Waals surface area contributed by atoms with Crippen molar-refractivity contribution in [3.8, 4) is 44.8 Å². The van der Waals surface area contributed by atoms with E-state index < -0.39 is 0 Å². The van der Waals surface area contributed by atoms with Crippen LogP contribution in [0.4, 0.5) is 11.4 Å². The molecule has 2 aliphatic carbocycles. The number of fused-ring (bicyclic) bond motifs is 11. The van der Waals surface area contributed by atoms with Crippen molar-refractivity contribution in [3.05, 3.63) is 229 Å². The number of hydrogen-bond donors (Lipinski definition) is 0. The number of thiophene rings is 1. The van der Waals surface area contributed by atoms with Crippen molar-refractivity contribution in [2.75, 3.05) is 4.90 Å². The first kappa shape index (κ1) is 35.4. The average Bonchev–Trinajstić information content (AvgIpc) is 4.02. The third kappa shape index (κ3) is 5.43. The van der Waals surface area contributed by atoms with E-state index in [1.807, 2.05) is 11.3 Å². The molecule has 0 spiro atoms. The fourth-order valence-corrected chi connectivity index (χ4v) is 11.7. The molecule has 2 aromatic heterocycles. The van der Waals surface area contributed by atoms with Crippen LogP contribution >= 0.6 is 11.3 Å². The van der Waals surface area contributed by atoms with Crippen LogP contribution in [0.2, 0.25) is 0 Å². The van der Waals surface area contributed by atoms with Crippen molar-refractivity contribution in [2.45, 2.75) is 24.9 Å². The molecule has 0 amide bonds. The summed E-state index contributed by atoms with van der Waals surface area (Å²) < 4.78 is 11.6. The summed E-state index contributed by atoms with van der Waals surface area (Å²) in [6, 6.07) is 69.1. The van der Waals surface area contributed by atoms with E-state index in [2.05, 4.69) is 216 Å². The first-order valence-corrected chi connectivity index (χ1v) is 22.4. The van der Waals surface area contributed by atoms with E-state index in [1.165, 1.54) is 92.7 Å². The molecule has 0 saturated carbocycles. The number of ether oxygens (including phenoxy) is 1. The van der Waals surface area contributed by atoms with Gasteiger partial charge in [-0.2, -0.15) is 0 Å². The van der Waals surface area contributed by atoms with Crippen molar-refractivity contribution < 1.29 is 4.74 Å². The van der Waals surface area contributed by atoms with Gasteiger partial charge in [0.1, 0.15) is 11.9 Å². The molecule has 10 aromatic rings. The van der Waals surface area contributed by atoms with E-state index >= 15 is 0 Å². The van der Waals surface area contributed by atoms with Crippen molar-refractivity contribution in [2.24, 2.45) is 0 Å². The Morgan fingerprint density at radius 2 is 1.26 bits per heavy atom. The molecule has 0 fully saturated rings. The number of para-hydroxylation sites is 3. The Bertz CT molecular complexity index is 3460. The highest BCUT2D eigenvalue weighted by Gasteiger charge is 2.35.